The highest BCUT2D eigenvalue weighted by Gasteiger charge is 2.21. The standard InChI is InChI=1S/C13H22N2O2S/c1-11(12-8-6-5-7-9-12)15-13(2,3)10-14-18(4,16)17/h5-9,11,14-15H,10H2,1-4H3/t11-/m0/s1. The first-order valence-corrected chi connectivity index (χ1v) is 7.86. The predicted molar refractivity (Wildman–Crippen MR) is 74.9 cm³/mol. The molecule has 0 amide bonds. The molecule has 0 saturated carbocycles. The molecule has 1 aromatic carbocycles. The largest absolute Gasteiger partial charge is 0.304 e. The van der Waals surface area contributed by atoms with Gasteiger partial charge in [-0.25, -0.2) is 13.1 Å². The Morgan fingerprint density at radius 3 is 2.28 bits per heavy atom. The molecule has 18 heavy (non-hydrogen) atoms. The van der Waals surface area contributed by atoms with Gasteiger partial charge in [-0.2, -0.15) is 0 Å². The molecule has 0 fully saturated rings. The smallest absolute Gasteiger partial charge is 0.208 e. The Morgan fingerprint density at radius 2 is 1.78 bits per heavy atom. The van der Waals surface area contributed by atoms with Crippen LogP contribution in [0.1, 0.15) is 32.4 Å². The van der Waals surface area contributed by atoms with Crippen LogP contribution in [-0.2, 0) is 10.0 Å². The van der Waals surface area contributed by atoms with Crippen molar-refractivity contribution in [3.05, 3.63) is 35.9 Å². The van der Waals surface area contributed by atoms with E-state index in [0.29, 0.717) is 6.54 Å². The highest BCUT2D eigenvalue weighted by Crippen LogP contribution is 2.15. The lowest BCUT2D eigenvalue weighted by atomic mass is 10.0. The van der Waals surface area contributed by atoms with E-state index in [0.717, 1.165) is 0 Å². The minimum absolute atomic E-state index is 0.169. The minimum atomic E-state index is -3.15. The topological polar surface area (TPSA) is 58.2 Å². The van der Waals surface area contributed by atoms with E-state index in [1.54, 1.807) is 0 Å². The molecule has 2 N–H and O–H groups in total. The fourth-order valence-corrected chi connectivity index (χ4v) is 2.40. The fourth-order valence-electron chi connectivity index (χ4n) is 1.77. The summed E-state index contributed by atoms with van der Waals surface area (Å²) < 4.78 is 24.7. The summed E-state index contributed by atoms with van der Waals surface area (Å²) in [6.45, 7) is 6.38. The molecule has 0 aromatic heterocycles. The van der Waals surface area contributed by atoms with Gasteiger partial charge in [0.25, 0.3) is 0 Å². The Kier molecular flexibility index (Phi) is 4.90. The van der Waals surface area contributed by atoms with Gasteiger partial charge in [-0.15, -0.1) is 0 Å². The molecule has 0 unspecified atom stereocenters. The van der Waals surface area contributed by atoms with E-state index in [9.17, 15) is 8.42 Å². The van der Waals surface area contributed by atoms with E-state index in [4.69, 9.17) is 0 Å². The van der Waals surface area contributed by atoms with E-state index < -0.39 is 10.0 Å². The lowest BCUT2D eigenvalue weighted by Crippen LogP contribution is -2.49. The van der Waals surface area contributed by atoms with Crippen molar-refractivity contribution in [2.45, 2.75) is 32.4 Å². The Hall–Kier alpha value is -0.910. The Balaban J connectivity index is 2.60. The highest BCUT2D eigenvalue weighted by atomic mass is 32.2. The third kappa shape index (κ3) is 5.62. The molecular weight excluding hydrogens is 248 g/mol. The average Bonchev–Trinajstić information content (AvgIpc) is 2.26. The molecule has 1 atom stereocenters. The lowest BCUT2D eigenvalue weighted by Gasteiger charge is -2.30. The van der Waals surface area contributed by atoms with E-state index in [1.165, 1.54) is 11.8 Å². The summed E-state index contributed by atoms with van der Waals surface area (Å²) in [6, 6.07) is 10.2. The molecule has 0 radical (unpaired) electrons. The van der Waals surface area contributed by atoms with E-state index in [-0.39, 0.29) is 11.6 Å². The van der Waals surface area contributed by atoms with Gasteiger partial charge in [0.15, 0.2) is 0 Å². The van der Waals surface area contributed by atoms with Gasteiger partial charge in [0, 0.05) is 18.1 Å². The maximum Gasteiger partial charge on any atom is 0.208 e. The van der Waals surface area contributed by atoms with Crippen LogP contribution in [0.5, 0.6) is 0 Å². The second kappa shape index (κ2) is 5.82. The monoisotopic (exact) mass is 270 g/mol. The van der Waals surface area contributed by atoms with Crippen molar-refractivity contribution in [1.82, 2.24) is 10.0 Å². The van der Waals surface area contributed by atoms with E-state index in [1.807, 2.05) is 32.0 Å². The lowest BCUT2D eigenvalue weighted by molar-refractivity contribution is 0.346. The zero-order valence-corrected chi connectivity index (χ0v) is 12.2. The van der Waals surface area contributed by atoms with Gasteiger partial charge in [-0.1, -0.05) is 30.3 Å². The Morgan fingerprint density at radius 1 is 1.22 bits per heavy atom. The summed E-state index contributed by atoms with van der Waals surface area (Å²) in [5.41, 5.74) is 0.878. The molecule has 0 saturated heterocycles. The molecule has 0 heterocycles. The molecule has 0 spiro atoms. The molecule has 4 nitrogen and oxygen atoms in total. The second-order valence-corrected chi connectivity index (χ2v) is 7.09. The van der Waals surface area contributed by atoms with E-state index in [2.05, 4.69) is 29.1 Å². The fraction of sp³-hybridized carbons (Fsp3) is 0.538. The van der Waals surface area contributed by atoms with Crippen molar-refractivity contribution >= 4 is 10.0 Å². The predicted octanol–water partition coefficient (Wildman–Crippen LogP) is 1.66. The number of hydrogen-bond donors (Lipinski definition) is 2. The summed E-state index contributed by atoms with van der Waals surface area (Å²) in [6.07, 6.45) is 1.17. The maximum absolute atomic E-state index is 11.1. The minimum Gasteiger partial charge on any atom is -0.304 e. The van der Waals surface area contributed by atoms with Crippen molar-refractivity contribution in [2.75, 3.05) is 12.8 Å². The van der Waals surface area contributed by atoms with Crippen LogP contribution in [0.15, 0.2) is 30.3 Å². The summed E-state index contributed by atoms with van der Waals surface area (Å²) in [7, 11) is -3.15. The summed E-state index contributed by atoms with van der Waals surface area (Å²) in [5.74, 6) is 0. The van der Waals surface area contributed by atoms with Crippen LogP contribution < -0.4 is 10.0 Å². The SMILES string of the molecule is C[C@H](NC(C)(C)CNS(C)(=O)=O)c1ccccc1. The molecule has 0 bridgehead atoms. The number of rotatable bonds is 6. The molecule has 1 aromatic rings. The number of benzene rings is 1. The maximum atomic E-state index is 11.1. The van der Waals surface area contributed by atoms with Crippen molar-refractivity contribution in [3.8, 4) is 0 Å². The first-order chi connectivity index (χ1) is 8.20. The molecule has 5 heteroatoms. The van der Waals surface area contributed by atoms with Crippen LogP contribution in [0.4, 0.5) is 0 Å². The molecule has 102 valence electrons. The summed E-state index contributed by atoms with van der Waals surface area (Å²) in [5, 5.41) is 3.42. The molecule has 0 aliphatic heterocycles. The third-order valence-corrected chi connectivity index (χ3v) is 3.35. The van der Waals surface area contributed by atoms with E-state index >= 15 is 0 Å². The van der Waals surface area contributed by atoms with Gasteiger partial charge in [0.1, 0.15) is 0 Å². The quantitative estimate of drug-likeness (QED) is 0.826. The normalized spacial score (nSPS) is 14.4. The van der Waals surface area contributed by atoms with Crippen LogP contribution in [0, 0.1) is 0 Å². The first-order valence-electron chi connectivity index (χ1n) is 5.97. The zero-order valence-electron chi connectivity index (χ0n) is 11.4. The van der Waals surface area contributed by atoms with Crippen LogP contribution in [-0.4, -0.2) is 26.8 Å². The third-order valence-electron chi connectivity index (χ3n) is 2.68. The van der Waals surface area contributed by atoms with Gasteiger partial charge >= 0.3 is 0 Å². The van der Waals surface area contributed by atoms with Crippen LogP contribution >= 0.6 is 0 Å². The van der Waals surface area contributed by atoms with Crippen molar-refractivity contribution < 1.29 is 8.42 Å². The first kappa shape index (κ1) is 15.1. The second-order valence-electron chi connectivity index (χ2n) is 5.25. The molecular formula is C13H22N2O2S. The van der Waals surface area contributed by atoms with Crippen molar-refractivity contribution in [1.29, 1.82) is 0 Å². The highest BCUT2D eigenvalue weighted by molar-refractivity contribution is 7.88. The molecule has 0 aliphatic carbocycles. The van der Waals surface area contributed by atoms with Gasteiger partial charge in [-0.05, 0) is 26.3 Å². The Labute approximate surface area is 110 Å². The average molecular weight is 270 g/mol. The van der Waals surface area contributed by atoms with Gasteiger partial charge < -0.3 is 5.32 Å². The van der Waals surface area contributed by atoms with Gasteiger partial charge in [-0.3, -0.25) is 0 Å². The molecule has 1 rings (SSSR count). The Bertz CT molecular complexity index is 469. The van der Waals surface area contributed by atoms with Gasteiger partial charge in [0.2, 0.25) is 10.0 Å². The summed E-state index contributed by atoms with van der Waals surface area (Å²) in [4.78, 5) is 0. The van der Waals surface area contributed by atoms with Gasteiger partial charge in [0.05, 0.1) is 6.26 Å². The van der Waals surface area contributed by atoms with Crippen molar-refractivity contribution in [2.24, 2.45) is 0 Å². The number of nitrogens with one attached hydrogen (secondary N) is 2. The van der Waals surface area contributed by atoms with Crippen LogP contribution in [0.3, 0.4) is 0 Å². The number of sulfonamides is 1. The molecule has 0 aliphatic rings. The van der Waals surface area contributed by atoms with Crippen molar-refractivity contribution in [3.63, 3.8) is 0 Å². The number of hydrogen-bond acceptors (Lipinski definition) is 3. The van der Waals surface area contributed by atoms with Crippen LogP contribution in [0.2, 0.25) is 0 Å². The zero-order chi connectivity index (χ0) is 13.8. The van der Waals surface area contributed by atoms with Crippen LogP contribution in [0.25, 0.3) is 0 Å². The summed E-state index contributed by atoms with van der Waals surface area (Å²) >= 11 is 0.